The molecule has 5 rings (SSSR count). The smallest absolute Gasteiger partial charge is 0.545 e. The van der Waals surface area contributed by atoms with Crippen LogP contribution < -0.4 is 49.0 Å². The Hall–Kier alpha value is -3.24. The number of ether oxygens (including phenoxy) is 2. The van der Waals surface area contributed by atoms with Gasteiger partial charge in [0.1, 0.15) is 24.2 Å². The van der Waals surface area contributed by atoms with Gasteiger partial charge < -0.3 is 24.3 Å². The zero-order chi connectivity index (χ0) is 25.2. The van der Waals surface area contributed by atoms with Gasteiger partial charge >= 0.3 is 29.6 Å². The van der Waals surface area contributed by atoms with E-state index < -0.39 is 11.8 Å². The summed E-state index contributed by atoms with van der Waals surface area (Å²) in [6.07, 6.45) is 0.0889. The van der Waals surface area contributed by atoms with Crippen LogP contribution >= 0.6 is 11.7 Å². The first-order valence-electron chi connectivity index (χ1n) is 11.3. The van der Waals surface area contributed by atoms with Crippen molar-refractivity contribution < 1.29 is 53.7 Å². The van der Waals surface area contributed by atoms with Crippen molar-refractivity contribution in [3.8, 4) is 11.5 Å². The molecule has 0 radical (unpaired) electrons. The summed E-state index contributed by atoms with van der Waals surface area (Å²) in [4.78, 5) is 28.4. The number of benzene rings is 3. The third kappa shape index (κ3) is 5.70. The summed E-state index contributed by atoms with van der Waals surface area (Å²) in [5.74, 6) is -0.880. The minimum atomic E-state index is -1.44. The molecule has 2 heterocycles. The standard InChI is InChI=1S/C27H23N3O5S.Na/c1-30(2)19-5-3-4-16(12-19)13-20(26(31)18-7-9-23-24(15-18)35-11-10-34-23)25(27(32)33)17-6-8-21-22(14-17)29-36-28-21;/h3-9,12,14-15H,10-11,13H2,1-2H3,(H,32,33);/q;+1/p-1. The van der Waals surface area contributed by atoms with E-state index in [2.05, 4.69) is 8.75 Å². The first-order valence-corrected chi connectivity index (χ1v) is 12.0. The topological polar surface area (TPSA) is 105 Å². The number of hydrogen-bond donors (Lipinski definition) is 0. The molecule has 37 heavy (non-hydrogen) atoms. The van der Waals surface area contributed by atoms with Gasteiger partial charge in [0.25, 0.3) is 0 Å². The molecule has 0 N–H and O–H groups in total. The quantitative estimate of drug-likeness (QED) is 0.192. The molecule has 1 aromatic heterocycles. The van der Waals surface area contributed by atoms with Crippen molar-refractivity contribution in [1.29, 1.82) is 0 Å². The second-order valence-corrected chi connectivity index (χ2v) is 9.07. The number of aromatic nitrogens is 2. The Morgan fingerprint density at radius 2 is 1.65 bits per heavy atom. The molecule has 4 aromatic rings. The van der Waals surface area contributed by atoms with Gasteiger partial charge in [-0.25, -0.2) is 0 Å². The van der Waals surface area contributed by atoms with Crippen LogP contribution in [-0.2, 0) is 11.2 Å². The van der Waals surface area contributed by atoms with E-state index in [1.165, 1.54) is 0 Å². The van der Waals surface area contributed by atoms with Gasteiger partial charge in [0.05, 0.1) is 17.7 Å². The van der Waals surface area contributed by atoms with Gasteiger partial charge in [-0.1, -0.05) is 18.2 Å². The largest absolute Gasteiger partial charge is 1.00 e. The molecule has 0 atom stereocenters. The van der Waals surface area contributed by atoms with Gasteiger partial charge in [-0.15, -0.1) is 0 Å². The van der Waals surface area contributed by atoms with Gasteiger partial charge in [-0.2, -0.15) is 8.75 Å². The van der Waals surface area contributed by atoms with Gasteiger partial charge in [-0.05, 0) is 53.6 Å². The first-order chi connectivity index (χ1) is 17.4. The number of ketones is 1. The van der Waals surface area contributed by atoms with Crippen LogP contribution in [-0.4, -0.2) is 47.8 Å². The first kappa shape index (κ1) is 26.8. The number of carboxylic acids is 1. The number of anilines is 1. The van der Waals surface area contributed by atoms with Crippen molar-refractivity contribution >= 4 is 45.8 Å². The summed E-state index contributed by atoms with van der Waals surface area (Å²) >= 11 is 1.04. The van der Waals surface area contributed by atoms with Crippen LogP contribution in [0.3, 0.4) is 0 Å². The number of fused-ring (bicyclic) bond motifs is 2. The van der Waals surface area contributed by atoms with E-state index in [1.807, 2.05) is 43.3 Å². The van der Waals surface area contributed by atoms with Crippen molar-refractivity contribution in [2.24, 2.45) is 0 Å². The fourth-order valence-corrected chi connectivity index (χ4v) is 4.66. The van der Waals surface area contributed by atoms with Crippen LogP contribution in [0.15, 0.2) is 66.2 Å². The summed E-state index contributed by atoms with van der Waals surface area (Å²) in [7, 11) is 3.83. The maximum atomic E-state index is 13.9. The van der Waals surface area contributed by atoms with E-state index in [4.69, 9.17) is 9.47 Å². The Labute approximate surface area is 240 Å². The molecule has 1 aliphatic heterocycles. The Balaban J connectivity index is 0.00000320. The summed E-state index contributed by atoms with van der Waals surface area (Å²) in [5.41, 5.74) is 3.48. The normalized spacial score (nSPS) is 12.9. The Morgan fingerprint density at radius 3 is 2.41 bits per heavy atom. The fraction of sp³-hybridized carbons (Fsp3) is 0.185. The molecule has 1 aliphatic rings. The molecule has 182 valence electrons. The van der Waals surface area contributed by atoms with Gasteiger partial charge in [0, 0.05) is 42.9 Å². The van der Waals surface area contributed by atoms with Crippen LogP contribution in [0.2, 0.25) is 0 Å². The molecular formula is C27H22N3NaO5S. The van der Waals surface area contributed by atoms with Gasteiger partial charge in [0.2, 0.25) is 0 Å². The third-order valence-corrected chi connectivity index (χ3v) is 6.49. The number of carbonyl (C=O) groups is 2. The number of rotatable bonds is 7. The monoisotopic (exact) mass is 523 g/mol. The van der Waals surface area contributed by atoms with Gasteiger partial charge in [0.15, 0.2) is 17.3 Å². The molecule has 3 aromatic carbocycles. The molecule has 0 bridgehead atoms. The van der Waals surface area contributed by atoms with E-state index in [0.717, 1.165) is 23.0 Å². The molecule has 0 fully saturated rings. The number of aliphatic carboxylic acids is 1. The number of carbonyl (C=O) groups excluding carboxylic acids is 2. The Bertz CT molecular complexity index is 1510. The van der Waals surface area contributed by atoms with Crippen LogP contribution in [0.5, 0.6) is 11.5 Å². The predicted molar refractivity (Wildman–Crippen MR) is 136 cm³/mol. The average Bonchev–Trinajstić information content (AvgIpc) is 3.35. The number of allylic oxidation sites excluding steroid dienone is 1. The van der Waals surface area contributed by atoms with Crippen molar-refractivity contribution in [3.05, 3.63) is 82.9 Å². The molecule has 0 aliphatic carbocycles. The summed E-state index contributed by atoms with van der Waals surface area (Å²) in [6, 6.07) is 17.4. The molecule has 0 unspecified atom stereocenters. The molecular weight excluding hydrogens is 501 g/mol. The minimum Gasteiger partial charge on any atom is -0.545 e. The Morgan fingerprint density at radius 1 is 0.919 bits per heavy atom. The maximum absolute atomic E-state index is 13.9. The van der Waals surface area contributed by atoms with Crippen LogP contribution in [0.1, 0.15) is 21.5 Å². The number of hydrogen-bond acceptors (Lipinski definition) is 9. The molecule has 0 spiro atoms. The van der Waals surface area contributed by atoms with E-state index in [0.29, 0.717) is 46.9 Å². The Kier molecular flexibility index (Phi) is 8.29. The van der Waals surface area contributed by atoms with E-state index in [9.17, 15) is 14.7 Å². The summed E-state index contributed by atoms with van der Waals surface area (Å²) < 4.78 is 19.6. The molecule has 8 nitrogen and oxygen atoms in total. The average molecular weight is 524 g/mol. The minimum absolute atomic E-state index is 0. The maximum Gasteiger partial charge on any atom is 1.00 e. The van der Waals surface area contributed by atoms with Crippen molar-refractivity contribution in [2.45, 2.75) is 6.42 Å². The number of nitrogens with zero attached hydrogens (tertiary/aromatic N) is 3. The zero-order valence-electron chi connectivity index (χ0n) is 20.7. The van der Waals surface area contributed by atoms with Crippen LogP contribution in [0.4, 0.5) is 5.69 Å². The fourth-order valence-electron chi connectivity index (χ4n) is 4.14. The van der Waals surface area contributed by atoms with E-state index in [-0.39, 0.29) is 47.1 Å². The van der Waals surface area contributed by atoms with Gasteiger partial charge in [-0.3, -0.25) is 4.79 Å². The predicted octanol–water partition coefficient (Wildman–Crippen LogP) is 0.162. The second kappa shape index (κ2) is 11.4. The number of carboxylic acid groups (broad SMARTS) is 1. The van der Waals surface area contributed by atoms with Crippen molar-refractivity contribution in [2.75, 3.05) is 32.2 Å². The molecule has 10 heteroatoms. The van der Waals surface area contributed by atoms with Crippen LogP contribution in [0.25, 0.3) is 16.6 Å². The molecule has 0 saturated heterocycles. The molecule has 0 saturated carbocycles. The molecule has 0 amide bonds. The second-order valence-electron chi connectivity index (χ2n) is 8.54. The number of Topliss-reactive ketones (excluding diaryl/α,β-unsaturated/α-hetero) is 1. The van der Waals surface area contributed by atoms with E-state index >= 15 is 0 Å². The third-order valence-electron chi connectivity index (χ3n) is 5.93. The SMILES string of the molecule is CN(C)c1cccc(CC(C(=O)c2ccc3c(c2)OCCO3)=C(C(=O)[O-])c2ccc3nsnc3c2)c1.[Na+]. The van der Waals surface area contributed by atoms with E-state index in [1.54, 1.807) is 36.4 Å². The van der Waals surface area contributed by atoms with Crippen LogP contribution in [0, 0.1) is 0 Å². The van der Waals surface area contributed by atoms with Crippen molar-refractivity contribution in [3.63, 3.8) is 0 Å². The summed E-state index contributed by atoms with van der Waals surface area (Å²) in [5, 5.41) is 12.5. The summed E-state index contributed by atoms with van der Waals surface area (Å²) in [6.45, 7) is 0.799. The van der Waals surface area contributed by atoms with Crippen molar-refractivity contribution in [1.82, 2.24) is 8.75 Å². The zero-order valence-corrected chi connectivity index (χ0v) is 23.5.